The van der Waals surface area contributed by atoms with Crippen LogP contribution >= 0.6 is 0 Å². The number of hydrogen-bond donors (Lipinski definition) is 0. The van der Waals surface area contributed by atoms with Gasteiger partial charge in [-0.3, -0.25) is 4.79 Å². The Morgan fingerprint density at radius 1 is 1.67 bits per heavy atom. The number of ether oxygens (including phenoxy) is 1. The van der Waals surface area contributed by atoms with E-state index >= 15 is 0 Å². The molecule has 0 fully saturated rings. The summed E-state index contributed by atoms with van der Waals surface area (Å²) in [6, 6.07) is 0. The number of hydrogen-bond acceptors (Lipinski definition) is 3. The molecule has 84 valence electrons. The van der Waals surface area contributed by atoms with Crippen molar-refractivity contribution in [2.24, 2.45) is 7.05 Å². The Labute approximate surface area is 90.3 Å². The van der Waals surface area contributed by atoms with E-state index in [-0.39, 0.29) is 11.9 Å². The second-order valence-corrected chi connectivity index (χ2v) is 3.75. The lowest BCUT2D eigenvalue weighted by molar-refractivity contribution is -0.119. The molecule has 1 aromatic rings. The van der Waals surface area contributed by atoms with Crippen molar-refractivity contribution in [2.45, 2.75) is 32.3 Å². The summed E-state index contributed by atoms with van der Waals surface area (Å²) in [6.45, 7) is 1.97. The second-order valence-electron chi connectivity index (χ2n) is 3.75. The van der Waals surface area contributed by atoms with E-state index in [1.807, 2.05) is 24.7 Å². The molecule has 0 saturated heterocycles. The monoisotopic (exact) mass is 210 g/mol. The lowest BCUT2D eigenvalue weighted by Gasteiger charge is -2.07. The van der Waals surface area contributed by atoms with Crippen LogP contribution in [0.2, 0.25) is 0 Å². The van der Waals surface area contributed by atoms with Gasteiger partial charge < -0.3 is 9.30 Å². The quantitative estimate of drug-likeness (QED) is 0.711. The van der Waals surface area contributed by atoms with Gasteiger partial charge in [0, 0.05) is 33.0 Å². The third-order valence-corrected chi connectivity index (χ3v) is 2.51. The van der Waals surface area contributed by atoms with Crippen LogP contribution in [-0.2, 0) is 23.0 Å². The first-order valence-electron chi connectivity index (χ1n) is 5.14. The van der Waals surface area contributed by atoms with Gasteiger partial charge in [-0.05, 0) is 13.3 Å². The first kappa shape index (κ1) is 11.9. The fraction of sp³-hybridized carbons (Fsp3) is 0.636. The lowest BCUT2D eigenvalue weighted by Crippen LogP contribution is -2.12. The molecule has 0 bridgehead atoms. The lowest BCUT2D eigenvalue weighted by atomic mass is 10.1. The summed E-state index contributed by atoms with van der Waals surface area (Å²) >= 11 is 0. The molecule has 15 heavy (non-hydrogen) atoms. The zero-order chi connectivity index (χ0) is 11.3. The number of rotatable bonds is 6. The van der Waals surface area contributed by atoms with Gasteiger partial charge in [0.15, 0.2) is 0 Å². The van der Waals surface area contributed by atoms with Gasteiger partial charge in [0.2, 0.25) is 0 Å². The minimum Gasteiger partial charge on any atom is -0.382 e. The van der Waals surface area contributed by atoms with Crippen molar-refractivity contribution in [3.05, 3.63) is 18.2 Å². The molecule has 1 unspecified atom stereocenters. The maximum atomic E-state index is 11.6. The van der Waals surface area contributed by atoms with Crippen molar-refractivity contribution in [3.8, 4) is 0 Å². The van der Waals surface area contributed by atoms with Crippen molar-refractivity contribution in [2.75, 3.05) is 7.11 Å². The van der Waals surface area contributed by atoms with Crippen LogP contribution in [0, 0.1) is 0 Å². The summed E-state index contributed by atoms with van der Waals surface area (Å²) in [5, 5.41) is 0. The highest BCUT2D eigenvalue weighted by molar-refractivity contribution is 5.80. The molecule has 1 atom stereocenters. The number of carbonyl (C=O) groups is 1. The van der Waals surface area contributed by atoms with E-state index in [9.17, 15) is 4.79 Å². The van der Waals surface area contributed by atoms with Crippen LogP contribution in [0.3, 0.4) is 0 Å². The van der Waals surface area contributed by atoms with Gasteiger partial charge in [-0.15, -0.1) is 0 Å². The fourth-order valence-corrected chi connectivity index (χ4v) is 1.31. The first-order chi connectivity index (χ1) is 7.13. The number of imidazole rings is 1. The van der Waals surface area contributed by atoms with Crippen LogP contribution in [0.5, 0.6) is 0 Å². The molecule has 0 aromatic carbocycles. The van der Waals surface area contributed by atoms with Crippen molar-refractivity contribution in [1.82, 2.24) is 9.55 Å². The molecule has 4 nitrogen and oxygen atoms in total. The maximum absolute atomic E-state index is 11.6. The maximum Gasteiger partial charge on any atom is 0.140 e. The molecule has 0 aliphatic rings. The molecule has 1 aromatic heterocycles. The summed E-state index contributed by atoms with van der Waals surface area (Å²) in [4.78, 5) is 15.7. The Balaban J connectivity index is 2.34. The van der Waals surface area contributed by atoms with Crippen LogP contribution in [0.15, 0.2) is 12.4 Å². The molecule has 0 aliphatic carbocycles. The third-order valence-electron chi connectivity index (χ3n) is 2.51. The summed E-state index contributed by atoms with van der Waals surface area (Å²) in [6.07, 6.45) is 5.46. The van der Waals surface area contributed by atoms with Gasteiger partial charge in [-0.1, -0.05) is 0 Å². The third kappa shape index (κ3) is 3.83. The summed E-state index contributed by atoms with van der Waals surface area (Å²) in [5.41, 5.74) is 0. The van der Waals surface area contributed by atoms with Crippen LogP contribution in [-0.4, -0.2) is 28.5 Å². The Hall–Kier alpha value is -1.16. The normalized spacial score (nSPS) is 12.7. The molecular formula is C11H18N2O2. The van der Waals surface area contributed by atoms with Gasteiger partial charge in [0.25, 0.3) is 0 Å². The van der Waals surface area contributed by atoms with E-state index in [2.05, 4.69) is 4.98 Å². The number of methoxy groups -OCH3 is 1. The first-order valence-corrected chi connectivity index (χ1v) is 5.14. The summed E-state index contributed by atoms with van der Waals surface area (Å²) < 4.78 is 6.96. The Morgan fingerprint density at radius 3 is 2.93 bits per heavy atom. The SMILES string of the molecule is COC(C)CCC(=O)Cc1nccn1C. The number of nitrogens with zero attached hydrogens (tertiary/aromatic N) is 2. The highest BCUT2D eigenvalue weighted by atomic mass is 16.5. The standard InChI is InChI=1S/C11H18N2O2/c1-9(15-3)4-5-10(14)8-11-12-6-7-13(11)2/h6-7,9H,4-5,8H2,1-3H3. The van der Waals surface area contributed by atoms with Gasteiger partial charge in [0.05, 0.1) is 12.5 Å². The minimum atomic E-state index is 0.148. The molecule has 0 saturated carbocycles. The van der Waals surface area contributed by atoms with Crippen LogP contribution in [0.1, 0.15) is 25.6 Å². The predicted molar refractivity (Wildman–Crippen MR) is 57.6 cm³/mol. The minimum absolute atomic E-state index is 0.148. The van der Waals surface area contributed by atoms with Gasteiger partial charge in [0.1, 0.15) is 11.6 Å². The van der Waals surface area contributed by atoms with E-state index in [4.69, 9.17) is 4.74 Å². The number of ketones is 1. The Morgan fingerprint density at radius 2 is 2.40 bits per heavy atom. The van der Waals surface area contributed by atoms with E-state index < -0.39 is 0 Å². The zero-order valence-corrected chi connectivity index (χ0v) is 9.56. The van der Waals surface area contributed by atoms with Crippen LogP contribution < -0.4 is 0 Å². The molecule has 0 N–H and O–H groups in total. The van der Waals surface area contributed by atoms with E-state index in [1.165, 1.54) is 0 Å². The molecule has 0 spiro atoms. The molecule has 1 rings (SSSR count). The molecule has 1 heterocycles. The predicted octanol–water partition coefficient (Wildman–Crippen LogP) is 1.35. The average molecular weight is 210 g/mol. The van der Waals surface area contributed by atoms with Gasteiger partial charge in [-0.25, -0.2) is 4.98 Å². The highest BCUT2D eigenvalue weighted by Gasteiger charge is 2.09. The molecular weight excluding hydrogens is 192 g/mol. The van der Waals surface area contributed by atoms with Crippen molar-refractivity contribution in [1.29, 1.82) is 0 Å². The Kier molecular flexibility index (Phi) is 4.49. The second kappa shape index (κ2) is 5.66. The largest absolute Gasteiger partial charge is 0.382 e. The topological polar surface area (TPSA) is 44.1 Å². The average Bonchev–Trinajstić information content (AvgIpc) is 2.61. The van der Waals surface area contributed by atoms with Gasteiger partial charge in [-0.2, -0.15) is 0 Å². The molecule has 0 radical (unpaired) electrons. The van der Waals surface area contributed by atoms with Crippen LogP contribution in [0.25, 0.3) is 0 Å². The molecule has 4 heteroatoms. The fourth-order valence-electron chi connectivity index (χ4n) is 1.31. The summed E-state index contributed by atoms with van der Waals surface area (Å²) in [5.74, 6) is 1.04. The molecule has 0 amide bonds. The zero-order valence-electron chi connectivity index (χ0n) is 9.56. The number of Topliss-reactive ketones (excluding diaryl/α,β-unsaturated/α-hetero) is 1. The van der Waals surface area contributed by atoms with Crippen molar-refractivity contribution >= 4 is 5.78 Å². The molecule has 0 aliphatic heterocycles. The Bertz CT molecular complexity index is 320. The van der Waals surface area contributed by atoms with E-state index in [0.717, 1.165) is 12.2 Å². The highest BCUT2D eigenvalue weighted by Crippen LogP contribution is 2.04. The smallest absolute Gasteiger partial charge is 0.140 e. The number of aromatic nitrogens is 2. The van der Waals surface area contributed by atoms with Crippen LogP contribution in [0.4, 0.5) is 0 Å². The van der Waals surface area contributed by atoms with Crippen molar-refractivity contribution in [3.63, 3.8) is 0 Å². The number of carbonyl (C=O) groups excluding carboxylic acids is 1. The summed E-state index contributed by atoms with van der Waals surface area (Å²) in [7, 11) is 3.56. The van der Waals surface area contributed by atoms with E-state index in [1.54, 1.807) is 13.3 Å². The van der Waals surface area contributed by atoms with Gasteiger partial charge >= 0.3 is 0 Å². The van der Waals surface area contributed by atoms with E-state index in [0.29, 0.717) is 12.8 Å². The van der Waals surface area contributed by atoms with Crippen molar-refractivity contribution < 1.29 is 9.53 Å². The number of aryl methyl sites for hydroxylation is 1.